The predicted molar refractivity (Wildman–Crippen MR) is 84.1 cm³/mol. The van der Waals surface area contributed by atoms with E-state index in [9.17, 15) is 5.11 Å². The highest BCUT2D eigenvalue weighted by molar-refractivity contribution is 5.50. The molecule has 1 aliphatic heterocycles. The number of hydrogen-bond donors (Lipinski definition) is 2. The van der Waals surface area contributed by atoms with Crippen LogP contribution < -0.4 is 15.2 Å². The second kappa shape index (κ2) is 7.14. The van der Waals surface area contributed by atoms with E-state index in [1.54, 1.807) is 0 Å². The predicted octanol–water partition coefficient (Wildman–Crippen LogP) is 2.61. The van der Waals surface area contributed by atoms with E-state index in [-0.39, 0.29) is 24.7 Å². The van der Waals surface area contributed by atoms with Crippen LogP contribution in [0.2, 0.25) is 0 Å². The zero-order valence-electron chi connectivity index (χ0n) is 13.3. The molecule has 2 rings (SSSR count). The molecule has 0 spiro atoms. The molecule has 1 aliphatic rings. The van der Waals surface area contributed by atoms with Crippen LogP contribution in [0, 0.1) is 0 Å². The van der Waals surface area contributed by atoms with E-state index in [1.165, 1.54) is 5.56 Å². The SMILES string of the molecule is CCOc1cc2c(cc1C(CCO)C(N)CC)OC(C)C2. The summed E-state index contributed by atoms with van der Waals surface area (Å²) in [5.41, 5.74) is 8.53. The smallest absolute Gasteiger partial charge is 0.123 e. The Kier molecular flexibility index (Phi) is 5.48. The Morgan fingerprint density at radius 2 is 2.19 bits per heavy atom. The molecular formula is C17H27NO3. The zero-order chi connectivity index (χ0) is 15.4. The van der Waals surface area contributed by atoms with Crippen LogP contribution in [0.1, 0.15) is 50.7 Å². The summed E-state index contributed by atoms with van der Waals surface area (Å²) in [6, 6.07) is 4.16. The van der Waals surface area contributed by atoms with E-state index in [0.717, 1.165) is 29.9 Å². The van der Waals surface area contributed by atoms with E-state index in [0.29, 0.717) is 13.0 Å². The van der Waals surface area contributed by atoms with E-state index >= 15 is 0 Å². The lowest BCUT2D eigenvalue weighted by atomic mass is 9.86. The maximum Gasteiger partial charge on any atom is 0.123 e. The minimum atomic E-state index is 0.00762. The average Bonchev–Trinajstić information content (AvgIpc) is 2.82. The minimum absolute atomic E-state index is 0.00762. The maximum atomic E-state index is 9.37. The molecule has 1 heterocycles. The normalized spacial score (nSPS) is 19.8. The van der Waals surface area contributed by atoms with Crippen molar-refractivity contribution in [3.05, 3.63) is 23.3 Å². The lowest BCUT2D eigenvalue weighted by molar-refractivity contribution is 0.252. The lowest BCUT2D eigenvalue weighted by Gasteiger charge is -2.25. The second-order valence-electron chi connectivity index (χ2n) is 5.75. The molecule has 21 heavy (non-hydrogen) atoms. The molecule has 0 aromatic heterocycles. The quantitative estimate of drug-likeness (QED) is 0.811. The maximum absolute atomic E-state index is 9.37. The van der Waals surface area contributed by atoms with Gasteiger partial charge in [0.1, 0.15) is 17.6 Å². The lowest BCUT2D eigenvalue weighted by Crippen LogP contribution is -2.28. The molecule has 0 aliphatic carbocycles. The van der Waals surface area contributed by atoms with Gasteiger partial charge in [-0.15, -0.1) is 0 Å². The summed E-state index contributed by atoms with van der Waals surface area (Å²) in [6.45, 7) is 6.87. The van der Waals surface area contributed by atoms with Gasteiger partial charge in [-0.1, -0.05) is 6.92 Å². The molecule has 0 fully saturated rings. The Balaban J connectivity index is 2.41. The standard InChI is InChI=1S/C17H27NO3/c1-4-15(18)13(6-7-19)14-10-16-12(8-11(3)21-16)9-17(14)20-5-2/h9-11,13,15,19H,4-8,18H2,1-3H3. The monoisotopic (exact) mass is 293 g/mol. The molecule has 3 unspecified atom stereocenters. The van der Waals surface area contributed by atoms with E-state index in [4.69, 9.17) is 15.2 Å². The molecule has 0 saturated carbocycles. The van der Waals surface area contributed by atoms with Crippen molar-refractivity contribution in [1.29, 1.82) is 0 Å². The van der Waals surface area contributed by atoms with Gasteiger partial charge in [-0.3, -0.25) is 0 Å². The summed E-state index contributed by atoms with van der Waals surface area (Å²) in [6.07, 6.45) is 2.63. The molecule has 0 amide bonds. The molecule has 0 saturated heterocycles. The van der Waals surface area contributed by atoms with Crippen LogP contribution >= 0.6 is 0 Å². The third-order valence-corrected chi connectivity index (χ3v) is 4.16. The van der Waals surface area contributed by atoms with Crippen molar-refractivity contribution in [2.24, 2.45) is 5.73 Å². The topological polar surface area (TPSA) is 64.7 Å². The highest BCUT2D eigenvalue weighted by atomic mass is 16.5. The Bertz CT molecular complexity index is 475. The summed E-state index contributed by atoms with van der Waals surface area (Å²) in [5.74, 6) is 1.91. The van der Waals surface area contributed by atoms with Gasteiger partial charge in [0.05, 0.1) is 6.61 Å². The number of hydrogen-bond acceptors (Lipinski definition) is 4. The Hall–Kier alpha value is -1.26. The molecule has 0 bridgehead atoms. The number of aliphatic hydroxyl groups is 1. The van der Waals surface area contributed by atoms with Gasteiger partial charge in [0.2, 0.25) is 0 Å². The zero-order valence-corrected chi connectivity index (χ0v) is 13.3. The fraction of sp³-hybridized carbons (Fsp3) is 0.647. The van der Waals surface area contributed by atoms with Crippen molar-refractivity contribution in [1.82, 2.24) is 0 Å². The molecule has 118 valence electrons. The Morgan fingerprint density at radius 3 is 2.81 bits per heavy atom. The minimum Gasteiger partial charge on any atom is -0.494 e. The first kappa shape index (κ1) is 16.1. The van der Waals surface area contributed by atoms with Gasteiger partial charge in [-0.2, -0.15) is 0 Å². The van der Waals surface area contributed by atoms with Gasteiger partial charge in [-0.25, -0.2) is 0 Å². The molecule has 3 atom stereocenters. The number of ether oxygens (including phenoxy) is 2. The first-order chi connectivity index (χ1) is 10.1. The summed E-state index contributed by atoms with van der Waals surface area (Å²) in [7, 11) is 0. The fourth-order valence-corrected chi connectivity index (χ4v) is 3.05. The van der Waals surface area contributed by atoms with E-state index in [2.05, 4.69) is 26.0 Å². The molecule has 1 aromatic rings. The summed E-state index contributed by atoms with van der Waals surface area (Å²) < 4.78 is 11.7. The van der Waals surface area contributed by atoms with Crippen LogP contribution in [0.15, 0.2) is 12.1 Å². The van der Waals surface area contributed by atoms with Gasteiger partial charge in [-0.05, 0) is 38.8 Å². The summed E-state index contributed by atoms with van der Waals surface area (Å²) >= 11 is 0. The molecule has 4 nitrogen and oxygen atoms in total. The van der Waals surface area contributed by atoms with Gasteiger partial charge in [0.15, 0.2) is 0 Å². The third-order valence-electron chi connectivity index (χ3n) is 4.16. The van der Waals surface area contributed by atoms with Crippen LogP contribution in [0.3, 0.4) is 0 Å². The molecule has 0 radical (unpaired) electrons. The van der Waals surface area contributed by atoms with Crippen molar-refractivity contribution in [2.45, 2.75) is 58.1 Å². The van der Waals surface area contributed by atoms with Gasteiger partial charge >= 0.3 is 0 Å². The van der Waals surface area contributed by atoms with E-state index in [1.807, 2.05) is 6.92 Å². The first-order valence-corrected chi connectivity index (χ1v) is 7.93. The number of aliphatic hydroxyl groups excluding tert-OH is 1. The van der Waals surface area contributed by atoms with Crippen LogP contribution in [0.25, 0.3) is 0 Å². The largest absolute Gasteiger partial charge is 0.494 e. The van der Waals surface area contributed by atoms with Crippen LogP contribution in [0.5, 0.6) is 11.5 Å². The van der Waals surface area contributed by atoms with E-state index < -0.39 is 0 Å². The van der Waals surface area contributed by atoms with Crippen molar-refractivity contribution >= 4 is 0 Å². The van der Waals surface area contributed by atoms with Crippen LogP contribution in [-0.4, -0.2) is 30.5 Å². The number of nitrogens with two attached hydrogens (primary N) is 1. The number of fused-ring (bicyclic) bond motifs is 1. The second-order valence-corrected chi connectivity index (χ2v) is 5.75. The highest BCUT2D eigenvalue weighted by Gasteiger charge is 2.27. The average molecular weight is 293 g/mol. The van der Waals surface area contributed by atoms with Gasteiger partial charge < -0.3 is 20.3 Å². The summed E-state index contributed by atoms with van der Waals surface area (Å²) in [4.78, 5) is 0. The third kappa shape index (κ3) is 3.50. The number of rotatable bonds is 7. The fourth-order valence-electron chi connectivity index (χ4n) is 3.05. The molecular weight excluding hydrogens is 266 g/mol. The van der Waals surface area contributed by atoms with Crippen molar-refractivity contribution in [3.63, 3.8) is 0 Å². The highest BCUT2D eigenvalue weighted by Crippen LogP contribution is 2.40. The molecule has 1 aromatic carbocycles. The van der Waals surface area contributed by atoms with Crippen molar-refractivity contribution in [2.75, 3.05) is 13.2 Å². The van der Waals surface area contributed by atoms with Crippen LogP contribution in [-0.2, 0) is 6.42 Å². The van der Waals surface area contributed by atoms with Gasteiger partial charge in [0, 0.05) is 36.1 Å². The molecule has 3 N–H and O–H groups in total. The van der Waals surface area contributed by atoms with Crippen molar-refractivity contribution < 1.29 is 14.6 Å². The van der Waals surface area contributed by atoms with Crippen LogP contribution in [0.4, 0.5) is 0 Å². The Labute approximate surface area is 127 Å². The van der Waals surface area contributed by atoms with Crippen molar-refractivity contribution in [3.8, 4) is 11.5 Å². The van der Waals surface area contributed by atoms with Gasteiger partial charge in [0.25, 0.3) is 0 Å². The summed E-state index contributed by atoms with van der Waals surface area (Å²) in [5, 5.41) is 9.37. The molecule has 4 heteroatoms. The first-order valence-electron chi connectivity index (χ1n) is 7.93. The Morgan fingerprint density at radius 1 is 1.43 bits per heavy atom. The number of benzene rings is 1.